The van der Waals surface area contributed by atoms with Gasteiger partial charge in [-0.05, 0) is 13.0 Å². The van der Waals surface area contributed by atoms with Gasteiger partial charge in [-0.15, -0.1) is 0 Å². The third kappa shape index (κ3) is 3.17. The van der Waals surface area contributed by atoms with Gasteiger partial charge in [-0.3, -0.25) is 0 Å². The molecule has 0 fully saturated rings. The second-order valence-corrected chi connectivity index (χ2v) is 4.76. The van der Waals surface area contributed by atoms with E-state index in [1.54, 1.807) is 13.0 Å². The number of aromatic nitrogens is 2. The summed E-state index contributed by atoms with van der Waals surface area (Å²) >= 11 is 5.84. The number of hydrogen-bond donors (Lipinski definition) is 0. The van der Waals surface area contributed by atoms with Crippen LogP contribution >= 0.6 is 11.6 Å². The van der Waals surface area contributed by atoms with Gasteiger partial charge in [-0.1, -0.05) is 32.4 Å². The second kappa shape index (κ2) is 4.78. The van der Waals surface area contributed by atoms with E-state index in [4.69, 9.17) is 16.3 Å². The molecule has 0 atom stereocenters. The van der Waals surface area contributed by atoms with Crippen LogP contribution in [-0.4, -0.2) is 22.5 Å². The molecule has 4 nitrogen and oxygen atoms in total. The molecule has 0 amide bonds. The van der Waals surface area contributed by atoms with Crippen LogP contribution in [0.25, 0.3) is 0 Å². The molecular weight excluding hydrogens is 228 g/mol. The first-order valence-corrected chi connectivity index (χ1v) is 5.44. The molecule has 16 heavy (non-hydrogen) atoms. The van der Waals surface area contributed by atoms with E-state index >= 15 is 0 Å². The molecule has 5 heteroatoms. The summed E-state index contributed by atoms with van der Waals surface area (Å²) in [7, 11) is 0. The van der Waals surface area contributed by atoms with E-state index in [1.807, 2.05) is 20.8 Å². The van der Waals surface area contributed by atoms with Crippen molar-refractivity contribution in [3.05, 3.63) is 22.7 Å². The number of nitrogens with zero attached hydrogens (tertiary/aromatic N) is 2. The fraction of sp³-hybridized carbons (Fsp3) is 0.545. The maximum atomic E-state index is 11.5. The Morgan fingerprint density at radius 1 is 1.44 bits per heavy atom. The summed E-state index contributed by atoms with van der Waals surface area (Å²) in [6.45, 7) is 7.98. The van der Waals surface area contributed by atoms with Gasteiger partial charge in [0.05, 0.1) is 12.3 Å². The van der Waals surface area contributed by atoms with Crippen LogP contribution < -0.4 is 0 Å². The Kier molecular flexibility index (Phi) is 3.86. The Balaban J connectivity index is 3.13. The van der Waals surface area contributed by atoms with E-state index < -0.39 is 5.97 Å². The van der Waals surface area contributed by atoms with E-state index in [-0.39, 0.29) is 16.4 Å². The summed E-state index contributed by atoms with van der Waals surface area (Å²) in [5, 5.41) is 0.253. The summed E-state index contributed by atoms with van der Waals surface area (Å²) in [4.78, 5) is 19.5. The van der Waals surface area contributed by atoms with Crippen molar-refractivity contribution in [2.75, 3.05) is 6.61 Å². The van der Waals surface area contributed by atoms with E-state index in [1.165, 1.54) is 0 Å². The molecule has 0 bridgehead atoms. The highest BCUT2D eigenvalue weighted by Gasteiger charge is 2.20. The molecular formula is C11H15ClN2O2. The molecule has 0 saturated heterocycles. The van der Waals surface area contributed by atoms with Crippen LogP contribution in [0.4, 0.5) is 0 Å². The summed E-state index contributed by atoms with van der Waals surface area (Å²) in [5.41, 5.74) is 0.531. The minimum atomic E-state index is -0.546. The minimum absolute atomic E-state index is 0.0132. The summed E-state index contributed by atoms with van der Waals surface area (Å²) in [6.07, 6.45) is 0. The Morgan fingerprint density at radius 2 is 2.06 bits per heavy atom. The first-order valence-electron chi connectivity index (χ1n) is 5.06. The summed E-state index contributed by atoms with van der Waals surface area (Å²) < 4.78 is 4.83. The van der Waals surface area contributed by atoms with Gasteiger partial charge in [-0.25, -0.2) is 14.8 Å². The van der Waals surface area contributed by atoms with Gasteiger partial charge in [0.15, 0.2) is 0 Å². The van der Waals surface area contributed by atoms with Crippen molar-refractivity contribution in [3.63, 3.8) is 0 Å². The van der Waals surface area contributed by atoms with Gasteiger partial charge >= 0.3 is 5.97 Å². The van der Waals surface area contributed by atoms with Crippen molar-refractivity contribution in [2.24, 2.45) is 0 Å². The van der Waals surface area contributed by atoms with Gasteiger partial charge in [0.1, 0.15) is 5.15 Å². The minimum Gasteiger partial charge on any atom is -0.460 e. The van der Waals surface area contributed by atoms with Crippen LogP contribution in [0.15, 0.2) is 6.07 Å². The molecule has 0 N–H and O–H groups in total. The Bertz CT molecular complexity index is 399. The zero-order chi connectivity index (χ0) is 12.3. The SMILES string of the molecule is CCOC(=O)c1nc(Cl)cc(C(C)(C)C)n1. The van der Waals surface area contributed by atoms with E-state index in [0.717, 1.165) is 5.69 Å². The van der Waals surface area contributed by atoms with Gasteiger partial charge < -0.3 is 4.74 Å². The first kappa shape index (κ1) is 12.9. The Labute approximate surface area is 100 Å². The lowest BCUT2D eigenvalue weighted by Gasteiger charge is -2.17. The molecule has 1 aromatic rings. The van der Waals surface area contributed by atoms with Crippen LogP contribution in [0.1, 0.15) is 44.0 Å². The summed E-state index contributed by atoms with van der Waals surface area (Å²) in [6, 6.07) is 1.66. The second-order valence-electron chi connectivity index (χ2n) is 4.37. The zero-order valence-electron chi connectivity index (χ0n) is 9.87. The Hall–Kier alpha value is -1.16. The van der Waals surface area contributed by atoms with Crippen molar-refractivity contribution >= 4 is 17.6 Å². The molecule has 1 heterocycles. The number of carbonyl (C=O) groups excluding carboxylic acids is 1. The highest BCUT2D eigenvalue weighted by atomic mass is 35.5. The maximum Gasteiger partial charge on any atom is 0.376 e. The molecule has 0 saturated carbocycles. The van der Waals surface area contributed by atoms with Crippen molar-refractivity contribution in [1.82, 2.24) is 9.97 Å². The van der Waals surface area contributed by atoms with Gasteiger partial charge in [-0.2, -0.15) is 0 Å². The number of ether oxygens (including phenoxy) is 1. The number of carbonyl (C=O) groups is 1. The number of rotatable bonds is 2. The lowest BCUT2D eigenvalue weighted by Crippen LogP contribution is -2.18. The molecule has 0 aliphatic carbocycles. The van der Waals surface area contributed by atoms with Gasteiger partial charge in [0.25, 0.3) is 0 Å². The monoisotopic (exact) mass is 242 g/mol. The van der Waals surface area contributed by atoms with Crippen molar-refractivity contribution in [3.8, 4) is 0 Å². The fourth-order valence-electron chi connectivity index (χ4n) is 1.09. The van der Waals surface area contributed by atoms with Crippen molar-refractivity contribution in [2.45, 2.75) is 33.1 Å². The Morgan fingerprint density at radius 3 is 2.56 bits per heavy atom. The fourth-order valence-corrected chi connectivity index (χ4v) is 1.27. The third-order valence-corrected chi connectivity index (χ3v) is 2.11. The van der Waals surface area contributed by atoms with Gasteiger partial charge in [0, 0.05) is 5.41 Å². The predicted molar refractivity (Wildman–Crippen MR) is 61.7 cm³/mol. The van der Waals surface area contributed by atoms with Crippen LogP contribution in [0, 0.1) is 0 Å². The van der Waals surface area contributed by atoms with E-state index in [2.05, 4.69) is 9.97 Å². The van der Waals surface area contributed by atoms with E-state index in [0.29, 0.717) is 6.61 Å². The average molecular weight is 243 g/mol. The molecule has 0 spiro atoms. The third-order valence-electron chi connectivity index (χ3n) is 1.92. The highest BCUT2D eigenvalue weighted by molar-refractivity contribution is 6.29. The lowest BCUT2D eigenvalue weighted by atomic mass is 9.92. The van der Waals surface area contributed by atoms with Crippen LogP contribution in [0.2, 0.25) is 5.15 Å². The van der Waals surface area contributed by atoms with Crippen LogP contribution in [0.3, 0.4) is 0 Å². The topological polar surface area (TPSA) is 52.1 Å². The normalized spacial score (nSPS) is 11.3. The number of hydrogen-bond acceptors (Lipinski definition) is 4. The largest absolute Gasteiger partial charge is 0.460 e. The highest BCUT2D eigenvalue weighted by Crippen LogP contribution is 2.22. The van der Waals surface area contributed by atoms with Crippen LogP contribution in [0.5, 0.6) is 0 Å². The lowest BCUT2D eigenvalue weighted by molar-refractivity contribution is 0.0511. The summed E-state index contributed by atoms with van der Waals surface area (Å²) in [5.74, 6) is -0.533. The molecule has 0 radical (unpaired) electrons. The number of halogens is 1. The van der Waals surface area contributed by atoms with Crippen molar-refractivity contribution < 1.29 is 9.53 Å². The molecule has 1 aromatic heterocycles. The molecule has 0 unspecified atom stereocenters. The first-order chi connectivity index (χ1) is 7.34. The van der Waals surface area contributed by atoms with Crippen molar-refractivity contribution in [1.29, 1.82) is 0 Å². The molecule has 1 rings (SSSR count). The average Bonchev–Trinajstić information content (AvgIpc) is 2.16. The zero-order valence-corrected chi connectivity index (χ0v) is 10.6. The quantitative estimate of drug-likeness (QED) is 0.591. The molecule has 0 aliphatic heterocycles. The molecule has 0 aromatic carbocycles. The molecule has 0 aliphatic rings. The standard InChI is InChI=1S/C11H15ClN2O2/c1-5-16-10(15)9-13-7(11(2,3)4)6-8(12)14-9/h6H,5H2,1-4H3. The predicted octanol–water partition coefficient (Wildman–Crippen LogP) is 2.60. The van der Waals surface area contributed by atoms with E-state index in [9.17, 15) is 4.79 Å². The van der Waals surface area contributed by atoms with Crippen LogP contribution in [-0.2, 0) is 10.2 Å². The number of esters is 1. The molecule has 88 valence electrons. The smallest absolute Gasteiger partial charge is 0.376 e. The maximum absolute atomic E-state index is 11.5. The van der Waals surface area contributed by atoms with Gasteiger partial charge in [0.2, 0.25) is 5.82 Å².